The lowest BCUT2D eigenvalue weighted by Gasteiger charge is -2.10. The summed E-state index contributed by atoms with van der Waals surface area (Å²) in [6.45, 7) is 5.81. The topological polar surface area (TPSA) is 46.5 Å². The highest BCUT2D eigenvalue weighted by molar-refractivity contribution is 5.98. The van der Waals surface area contributed by atoms with Crippen molar-refractivity contribution in [3.63, 3.8) is 0 Å². The molecular weight excluding hydrogens is 192 g/mol. The summed E-state index contributed by atoms with van der Waals surface area (Å²) in [5, 5.41) is 9.70. The molecule has 0 amide bonds. The van der Waals surface area contributed by atoms with Crippen LogP contribution in [0.5, 0.6) is 11.5 Å². The number of ketones is 1. The molecule has 0 unspecified atom stereocenters. The van der Waals surface area contributed by atoms with Gasteiger partial charge in [0, 0.05) is 6.07 Å². The van der Waals surface area contributed by atoms with Gasteiger partial charge in [0.2, 0.25) is 0 Å². The van der Waals surface area contributed by atoms with Crippen LogP contribution >= 0.6 is 0 Å². The van der Waals surface area contributed by atoms with Gasteiger partial charge in [0.1, 0.15) is 11.5 Å². The quantitative estimate of drug-likeness (QED) is 0.773. The standard InChI is InChI=1S/C12H16O3/c1-4-9-6-10(15-5-2)7-11(14)12(9)8(3)13/h6-7,14H,4-5H2,1-3H3. The van der Waals surface area contributed by atoms with Gasteiger partial charge >= 0.3 is 0 Å². The molecule has 0 saturated carbocycles. The van der Waals surface area contributed by atoms with Crippen molar-refractivity contribution >= 4 is 5.78 Å². The summed E-state index contributed by atoms with van der Waals surface area (Å²) in [5.74, 6) is 0.495. The van der Waals surface area contributed by atoms with Gasteiger partial charge in [-0.05, 0) is 31.9 Å². The van der Waals surface area contributed by atoms with Crippen molar-refractivity contribution in [3.05, 3.63) is 23.3 Å². The highest BCUT2D eigenvalue weighted by Crippen LogP contribution is 2.28. The van der Waals surface area contributed by atoms with Crippen LogP contribution in [0.1, 0.15) is 36.7 Å². The number of benzene rings is 1. The van der Waals surface area contributed by atoms with E-state index in [1.54, 1.807) is 6.07 Å². The molecule has 0 atom stereocenters. The monoisotopic (exact) mass is 208 g/mol. The molecule has 0 aliphatic carbocycles. The van der Waals surface area contributed by atoms with Crippen LogP contribution in [0.4, 0.5) is 0 Å². The fraction of sp³-hybridized carbons (Fsp3) is 0.417. The third kappa shape index (κ3) is 2.49. The normalized spacial score (nSPS) is 10.1. The van der Waals surface area contributed by atoms with Crippen LogP contribution in [-0.4, -0.2) is 17.5 Å². The van der Waals surface area contributed by atoms with Crippen LogP contribution in [0, 0.1) is 0 Å². The molecule has 1 N–H and O–H groups in total. The van der Waals surface area contributed by atoms with Crippen LogP contribution < -0.4 is 4.74 Å². The lowest BCUT2D eigenvalue weighted by molar-refractivity contribution is 0.101. The Labute approximate surface area is 89.7 Å². The molecule has 0 fully saturated rings. The molecular formula is C12H16O3. The average Bonchev–Trinajstić information content (AvgIpc) is 2.16. The SMILES string of the molecule is CCOc1cc(O)c(C(C)=O)c(CC)c1. The molecule has 0 radical (unpaired) electrons. The molecule has 1 aromatic carbocycles. The van der Waals surface area contributed by atoms with Crippen molar-refractivity contribution in [1.82, 2.24) is 0 Å². The molecule has 0 heterocycles. The van der Waals surface area contributed by atoms with Gasteiger partial charge in [-0.1, -0.05) is 6.92 Å². The van der Waals surface area contributed by atoms with Crippen LogP contribution in [0.3, 0.4) is 0 Å². The molecule has 82 valence electrons. The van der Waals surface area contributed by atoms with E-state index in [4.69, 9.17) is 4.74 Å². The summed E-state index contributed by atoms with van der Waals surface area (Å²) < 4.78 is 5.29. The number of carbonyl (C=O) groups excluding carboxylic acids is 1. The maximum absolute atomic E-state index is 11.3. The van der Waals surface area contributed by atoms with Crippen molar-refractivity contribution < 1.29 is 14.6 Å². The van der Waals surface area contributed by atoms with E-state index in [0.29, 0.717) is 24.3 Å². The summed E-state index contributed by atoms with van der Waals surface area (Å²) in [4.78, 5) is 11.3. The number of hydrogen-bond donors (Lipinski definition) is 1. The van der Waals surface area contributed by atoms with E-state index in [-0.39, 0.29) is 11.5 Å². The van der Waals surface area contributed by atoms with Crippen molar-refractivity contribution in [2.75, 3.05) is 6.61 Å². The molecule has 0 aliphatic rings. The maximum Gasteiger partial charge on any atom is 0.163 e. The van der Waals surface area contributed by atoms with Gasteiger partial charge in [0.15, 0.2) is 5.78 Å². The fourth-order valence-electron chi connectivity index (χ4n) is 1.59. The summed E-state index contributed by atoms with van der Waals surface area (Å²) in [7, 11) is 0. The number of aromatic hydroxyl groups is 1. The molecule has 3 nitrogen and oxygen atoms in total. The highest BCUT2D eigenvalue weighted by Gasteiger charge is 2.13. The molecule has 0 bridgehead atoms. The van der Waals surface area contributed by atoms with E-state index >= 15 is 0 Å². The summed E-state index contributed by atoms with van der Waals surface area (Å²) in [6, 6.07) is 3.29. The number of ether oxygens (including phenoxy) is 1. The molecule has 1 aromatic rings. The number of Topliss-reactive ketones (excluding diaryl/α,β-unsaturated/α-hetero) is 1. The number of phenols is 1. The van der Waals surface area contributed by atoms with Gasteiger partial charge in [-0.15, -0.1) is 0 Å². The largest absolute Gasteiger partial charge is 0.507 e. The van der Waals surface area contributed by atoms with Crippen molar-refractivity contribution in [2.24, 2.45) is 0 Å². The first-order chi connectivity index (χ1) is 7.10. The zero-order chi connectivity index (χ0) is 11.4. The first-order valence-electron chi connectivity index (χ1n) is 5.09. The predicted molar refractivity (Wildman–Crippen MR) is 58.7 cm³/mol. The molecule has 1 rings (SSSR count). The van der Waals surface area contributed by atoms with E-state index in [0.717, 1.165) is 5.56 Å². The molecule has 3 heteroatoms. The first-order valence-corrected chi connectivity index (χ1v) is 5.09. The zero-order valence-corrected chi connectivity index (χ0v) is 9.33. The molecule has 0 saturated heterocycles. The minimum Gasteiger partial charge on any atom is -0.507 e. The van der Waals surface area contributed by atoms with E-state index in [2.05, 4.69) is 0 Å². The highest BCUT2D eigenvalue weighted by atomic mass is 16.5. The van der Waals surface area contributed by atoms with Gasteiger partial charge in [0.25, 0.3) is 0 Å². The summed E-state index contributed by atoms with van der Waals surface area (Å²) in [6.07, 6.45) is 0.698. The van der Waals surface area contributed by atoms with Crippen LogP contribution in [0.15, 0.2) is 12.1 Å². The van der Waals surface area contributed by atoms with Gasteiger partial charge in [-0.3, -0.25) is 4.79 Å². The molecule has 15 heavy (non-hydrogen) atoms. The minimum absolute atomic E-state index is 0.00491. The van der Waals surface area contributed by atoms with Gasteiger partial charge in [-0.25, -0.2) is 0 Å². The second-order valence-electron chi connectivity index (χ2n) is 3.32. The minimum atomic E-state index is -0.118. The smallest absolute Gasteiger partial charge is 0.163 e. The number of phenolic OH excluding ortho intramolecular Hbond substituents is 1. The number of hydrogen-bond acceptors (Lipinski definition) is 3. The van der Waals surface area contributed by atoms with Gasteiger partial charge in [0.05, 0.1) is 12.2 Å². The lowest BCUT2D eigenvalue weighted by Crippen LogP contribution is -2.01. The predicted octanol–water partition coefficient (Wildman–Crippen LogP) is 2.56. The Kier molecular flexibility index (Phi) is 3.72. The Morgan fingerprint density at radius 3 is 2.53 bits per heavy atom. The van der Waals surface area contributed by atoms with E-state index in [9.17, 15) is 9.90 Å². The Balaban J connectivity index is 3.24. The van der Waals surface area contributed by atoms with Crippen molar-refractivity contribution in [3.8, 4) is 11.5 Å². The van der Waals surface area contributed by atoms with Crippen LogP contribution in [-0.2, 0) is 6.42 Å². The summed E-state index contributed by atoms with van der Waals surface area (Å²) >= 11 is 0. The first kappa shape index (κ1) is 11.6. The Hall–Kier alpha value is -1.51. The Morgan fingerprint density at radius 1 is 1.40 bits per heavy atom. The van der Waals surface area contributed by atoms with Gasteiger partial charge < -0.3 is 9.84 Å². The van der Waals surface area contributed by atoms with E-state index in [1.807, 2.05) is 13.8 Å². The zero-order valence-electron chi connectivity index (χ0n) is 9.33. The molecule has 0 aromatic heterocycles. The Bertz CT molecular complexity index is 369. The summed E-state index contributed by atoms with van der Waals surface area (Å²) in [5.41, 5.74) is 1.23. The van der Waals surface area contributed by atoms with Crippen molar-refractivity contribution in [2.45, 2.75) is 27.2 Å². The number of aryl methyl sites for hydroxylation is 1. The lowest BCUT2D eigenvalue weighted by atomic mass is 10.0. The molecule has 0 spiro atoms. The number of rotatable bonds is 4. The third-order valence-corrected chi connectivity index (χ3v) is 2.22. The molecule has 0 aliphatic heterocycles. The fourth-order valence-corrected chi connectivity index (χ4v) is 1.59. The Morgan fingerprint density at radius 2 is 2.07 bits per heavy atom. The van der Waals surface area contributed by atoms with E-state index < -0.39 is 0 Å². The van der Waals surface area contributed by atoms with Crippen LogP contribution in [0.25, 0.3) is 0 Å². The number of carbonyl (C=O) groups is 1. The maximum atomic E-state index is 11.3. The van der Waals surface area contributed by atoms with E-state index in [1.165, 1.54) is 13.0 Å². The second-order valence-corrected chi connectivity index (χ2v) is 3.32. The van der Waals surface area contributed by atoms with Crippen LogP contribution in [0.2, 0.25) is 0 Å². The van der Waals surface area contributed by atoms with Crippen molar-refractivity contribution in [1.29, 1.82) is 0 Å². The second kappa shape index (κ2) is 4.82. The average molecular weight is 208 g/mol. The third-order valence-electron chi connectivity index (χ3n) is 2.22. The van der Waals surface area contributed by atoms with Gasteiger partial charge in [-0.2, -0.15) is 0 Å².